The number of benzene rings is 1. The summed E-state index contributed by atoms with van der Waals surface area (Å²) in [7, 11) is 3.87. The number of amides is 1. The second-order valence-electron chi connectivity index (χ2n) is 11.4. The molecule has 0 spiro atoms. The fraction of sp³-hybridized carbons (Fsp3) is 0.759. The third kappa shape index (κ3) is 6.08. The highest BCUT2D eigenvalue weighted by Gasteiger charge is 2.39. The van der Waals surface area contributed by atoms with Gasteiger partial charge in [0.05, 0.1) is 12.8 Å². The molecular weight excluding hydrogens is 422 g/mol. The highest BCUT2D eigenvalue weighted by atomic mass is 16.5. The molecule has 1 aliphatic heterocycles. The number of rotatable bonds is 8. The molecule has 0 N–H and O–H groups in total. The van der Waals surface area contributed by atoms with Crippen molar-refractivity contribution >= 4 is 11.6 Å². The Morgan fingerprint density at radius 1 is 1.03 bits per heavy atom. The van der Waals surface area contributed by atoms with Crippen molar-refractivity contribution in [3.05, 3.63) is 24.3 Å². The van der Waals surface area contributed by atoms with Gasteiger partial charge < -0.3 is 14.5 Å². The molecule has 1 aromatic carbocycles. The molecule has 1 atom stereocenters. The van der Waals surface area contributed by atoms with Gasteiger partial charge in [0.15, 0.2) is 0 Å². The van der Waals surface area contributed by atoms with Crippen LogP contribution in [0.2, 0.25) is 0 Å². The average Bonchev–Trinajstić information content (AvgIpc) is 2.89. The van der Waals surface area contributed by atoms with Crippen LogP contribution in [0.1, 0.15) is 77.6 Å². The van der Waals surface area contributed by atoms with Gasteiger partial charge in [-0.2, -0.15) is 0 Å². The summed E-state index contributed by atoms with van der Waals surface area (Å²) in [5.41, 5.74) is 1.04. The summed E-state index contributed by atoms with van der Waals surface area (Å²) in [6.45, 7) is 7.33. The van der Waals surface area contributed by atoms with E-state index >= 15 is 0 Å². The SMILES string of the molecule is COc1ccccc1N1CCN(C[C@@H](CC2CCCCC2)N(C)C(=O)C2(C)CCCCC2)CC1. The first kappa shape index (κ1) is 25.3. The van der Waals surface area contributed by atoms with E-state index in [9.17, 15) is 4.79 Å². The normalized spacial score (nSPS) is 22.9. The molecule has 2 saturated carbocycles. The van der Waals surface area contributed by atoms with Gasteiger partial charge in [0.25, 0.3) is 0 Å². The molecule has 190 valence electrons. The van der Waals surface area contributed by atoms with Gasteiger partial charge in [-0.15, -0.1) is 0 Å². The van der Waals surface area contributed by atoms with Crippen molar-refractivity contribution in [1.82, 2.24) is 9.80 Å². The van der Waals surface area contributed by atoms with Crippen LogP contribution < -0.4 is 9.64 Å². The molecular formula is C29H47N3O2. The van der Waals surface area contributed by atoms with Crippen molar-refractivity contribution < 1.29 is 9.53 Å². The highest BCUT2D eigenvalue weighted by Crippen LogP contribution is 2.38. The lowest BCUT2D eigenvalue weighted by molar-refractivity contribution is -0.144. The van der Waals surface area contributed by atoms with Crippen molar-refractivity contribution in [3.8, 4) is 5.75 Å². The molecule has 1 saturated heterocycles. The molecule has 3 fully saturated rings. The molecule has 4 rings (SSSR count). The monoisotopic (exact) mass is 469 g/mol. The van der Waals surface area contributed by atoms with Crippen LogP contribution in [0, 0.1) is 11.3 Å². The Kier molecular flexibility index (Phi) is 8.79. The fourth-order valence-corrected chi connectivity index (χ4v) is 6.66. The minimum Gasteiger partial charge on any atom is -0.495 e. The van der Waals surface area contributed by atoms with E-state index in [1.165, 1.54) is 63.5 Å². The second-order valence-corrected chi connectivity index (χ2v) is 11.4. The number of carbonyl (C=O) groups excluding carboxylic acids is 1. The van der Waals surface area contributed by atoms with Crippen molar-refractivity contribution in [1.29, 1.82) is 0 Å². The number of nitrogens with zero attached hydrogens (tertiary/aromatic N) is 3. The maximum atomic E-state index is 13.7. The van der Waals surface area contributed by atoms with Crippen molar-refractivity contribution in [2.24, 2.45) is 11.3 Å². The Bertz CT molecular complexity index is 777. The van der Waals surface area contributed by atoms with E-state index in [0.29, 0.717) is 11.9 Å². The second kappa shape index (κ2) is 11.8. The highest BCUT2D eigenvalue weighted by molar-refractivity contribution is 5.82. The van der Waals surface area contributed by atoms with E-state index in [2.05, 4.69) is 40.8 Å². The summed E-state index contributed by atoms with van der Waals surface area (Å²) in [5, 5.41) is 0. The predicted molar refractivity (Wildman–Crippen MR) is 141 cm³/mol. The third-order valence-corrected chi connectivity index (χ3v) is 8.94. The standard InChI is InChI=1S/C29H47N3O2/c1-29(16-10-5-11-17-29)28(33)30(2)25(22-24-12-6-4-7-13-24)23-31-18-20-32(21-19-31)26-14-8-9-15-27(26)34-3/h8-9,14-15,24-25H,4-7,10-13,16-23H2,1-3H3/t25-/m1/s1. The minimum atomic E-state index is -0.152. The van der Waals surface area contributed by atoms with Gasteiger partial charge in [0.2, 0.25) is 5.91 Å². The van der Waals surface area contributed by atoms with Crippen LogP contribution >= 0.6 is 0 Å². The Morgan fingerprint density at radius 3 is 2.35 bits per heavy atom. The van der Waals surface area contributed by atoms with Gasteiger partial charge in [-0.1, -0.05) is 70.4 Å². The Balaban J connectivity index is 1.40. The zero-order valence-electron chi connectivity index (χ0n) is 21.9. The molecule has 0 aromatic heterocycles. The average molecular weight is 470 g/mol. The van der Waals surface area contributed by atoms with Crippen LogP contribution in [0.3, 0.4) is 0 Å². The number of hydrogen-bond donors (Lipinski definition) is 0. The van der Waals surface area contributed by atoms with E-state index in [4.69, 9.17) is 4.74 Å². The molecule has 3 aliphatic rings. The Labute approximate surface area is 207 Å². The van der Waals surface area contributed by atoms with Crippen LogP contribution in [-0.4, -0.2) is 68.6 Å². The van der Waals surface area contributed by atoms with Gasteiger partial charge >= 0.3 is 0 Å². The van der Waals surface area contributed by atoms with Gasteiger partial charge in [-0.3, -0.25) is 9.69 Å². The third-order valence-electron chi connectivity index (χ3n) is 8.94. The lowest BCUT2D eigenvalue weighted by atomic mass is 9.74. The molecule has 34 heavy (non-hydrogen) atoms. The predicted octanol–water partition coefficient (Wildman–Crippen LogP) is 5.59. The summed E-state index contributed by atoms with van der Waals surface area (Å²) >= 11 is 0. The van der Waals surface area contributed by atoms with E-state index in [1.807, 2.05) is 12.1 Å². The fourth-order valence-electron chi connectivity index (χ4n) is 6.66. The van der Waals surface area contributed by atoms with E-state index in [1.54, 1.807) is 7.11 Å². The number of hydrogen-bond acceptors (Lipinski definition) is 4. The molecule has 2 aliphatic carbocycles. The topological polar surface area (TPSA) is 36.0 Å². The quantitative estimate of drug-likeness (QED) is 0.498. The van der Waals surface area contributed by atoms with E-state index in [0.717, 1.165) is 57.2 Å². The molecule has 0 bridgehead atoms. The lowest BCUT2D eigenvalue weighted by Gasteiger charge is -2.43. The van der Waals surface area contributed by atoms with Crippen molar-refractivity contribution in [2.45, 2.75) is 83.6 Å². The zero-order valence-corrected chi connectivity index (χ0v) is 21.9. The van der Waals surface area contributed by atoms with Gasteiger partial charge in [0, 0.05) is 51.2 Å². The van der Waals surface area contributed by atoms with E-state index < -0.39 is 0 Å². The maximum absolute atomic E-state index is 13.7. The first-order chi connectivity index (χ1) is 16.5. The van der Waals surface area contributed by atoms with Gasteiger partial charge in [-0.05, 0) is 37.3 Å². The molecule has 1 aromatic rings. The Morgan fingerprint density at radius 2 is 1.68 bits per heavy atom. The summed E-state index contributed by atoms with van der Waals surface area (Å²) in [4.78, 5) is 21.0. The van der Waals surface area contributed by atoms with E-state index in [-0.39, 0.29) is 5.41 Å². The van der Waals surface area contributed by atoms with Crippen LogP contribution in [0.5, 0.6) is 5.75 Å². The van der Waals surface area contributed by atoms with Crippen LogP contribution in [0.4, 0.5) is 5.69 Å². The maximum Gasteiger partial charge on any atom is 0.228 e. The lowest BCUT2D eigenvalue weighted by Crippen LogP contribution is -2.54. The Hall–Kier alpha value is -1.75. The van der Waals surface area contributed by atoms with Crippen molar-refractivity contribution in [2.75, 3.05) is 51.8 Å². The van der Waals surface area contributed by atoms with Crippen LogP contribution in [0.15, 0.2) is 24.3 Å². The molecule has 5 nitrogen and oxygen atoms in total. The summed E-state index contributed by atoms with van der Waals surface area (Å²) in [6.07, 6.45) is 13.8. The van der Waals surface area contributed by atoms with Gasteiger partial charge in [-0.25, -0.2) is 0 Å². The molecule has 5 heteroatoms. The number of carbonyl (C=O) groups is 1. The minimum absolute atomic E-state index is 0.152. The number of para-hydroxylation sites is 2. The zero-order chi connectivity index (χ0) is 24.0. The molecule has 1 amide bonds. The number of anilines is 1. The number of methoxy groups -OCH3 is 1. The number of piperazine rings is 1. The number of ether oxygens (including phenoxy) is 1. The summed E-state index contributed by atoms with van der Waals surface area (Å²) < 4.78 is 5.60. The largest absolute Gasteiger partial charge is 0.495 e. The van der Waals surface area contributed by atoms with Crippen molar-refractivity contribution in [3.63, 3.8) is 0 Å². The first-order valence-electron chi connectivity index (χ1n) is 13.9. The first-order valence-corrected chi connectivity index (χ1v) is 13.9. The molecule has 0 radical (unpaired) electrons. The smallest absolute Gasteiger partial charge is 0.228 e. The molecule has 0 unspecified atom stereocenters. The summed E-state index contributed by atoms with van der Waals surface area (Å²) in [5.74, 6) is 2.14. The van der Waals surface area contributed by atoms with Crippen LogP contribution in [0.25, 0.3) is 0 Å². The number of likely N-dealkylation sites (N-methyl/N-ethyl adjacent to an activating group) is 1. The molecule has 1 heterocycles. The van der Waals surface area contributed by atoms with Gasteiger partial charge in [0.1, 0.15) is 5.75 Å². The summed E-state index contributed by atoms with van der Waals surface area (Å²) in [6, 6.07) is 8.67. The van der Waals surface area contributed by atoms with Crippen LogP contribution in [-0.2, 0) is 4.79 Å².